The highest BCUT2D eigenvalue weighted by Gasteiger charge is 2.28. The second-order valence-corrected chi connectivity index (χ2v) is 12.4. The van der Waals surface area contributed by atoms with Crippen molar-refractivity contribution < 1.29 is 33.2 Å². The Kier molecular flexibility index (Phi) is 16.1. The van der Waals surface area contributed by atoms with Crippen molar-refractivity contribution in [2.45, 2.75) is 89.8 Å². The number of amides is 6. The van der Waals surface area contributed by atoms with Crippen molar-refractivity contribution in [2.75, 3.05) is 19.6 Å². The van der Waals surface area contributed by atoms with Crippen molar-refractivity contribution >= 4 is 35.4 Å². The standard InChI is InChI=1S/C36H50N6O7/c1-3-11-34(46)42-18-9-12-25(24-42)20-32(44)41-30(22-28-15-10-19-49-28)36(48)39-23-27-14-6-5-13-26(27)21-33(45)40-29(35(37)47)16-7-8-17-38-31(43)4-2/h4-6,10,13-15,19,25,29-30H,2-3,7-9,11-12,16-18,20-24H2,1H3,(H2,37,47)(H,38,43)(H,39,48)(H,40,45)(H,41,44)/t25-,29+,30+/m1/s1. The molecule has 1 saturated heterocycles. The van der Waals surface area contributed by atoms with Gasteiger partial charge in [0.05, 0.1) is 12.7 Å². The van der Waals surface area contributed by atoms with Crippen LogP contribution in [0.3, 0.4) is 0 Å². The molecule has 13 heteroatoms. The zero-order chi connectivity index (χ0) is 35.6. The van der Waals surface area contributed by atoms with E-state index in [1.54, 1.807) is 36.4 Å². The quantitative estimate of drug-likeness (QED) is 0.104. The highest BCUT2D eigenvalue weighted by molar-refractivity contribution is 5.89. The van der Waals surface area contributed by atoms with Crippen molar-refractivity contribution in [2.24, 2.45) is 11.7 Å². The number of nitrogens with two attached hydrogens (primary N) is 1. The fraction of sp³-hybridized carbons (Fsp3) is 0.500. The zero-order valence-electron chi connectivity index (χ0n) is 28.3. The Morgan fingerprint density at radius 3 is 2.45 bits per heavy atom. The van der Waals surface area contributed by atoms with Gasteiger partial charge in [-0.25, -0.2) is 0 Å². The fourth-order valence-corrected chi connectivity index (χ4v) is 5.85. The molecule has 1 aliphatic heterocycles. The molecular formula is C36H50N6O7. The van der Waals surface area contributed by atoms with Gasteiger partial charge < -0.3 is 36.3 Å². The van der Waals surface area contributed by atoms with Gasteiger partial charge in [-0.3, -0.25) is 28.8 Å². The predicted octanol–water partition coefficient (Wildman–Crippen LogP) is 2.04. The maximum atomic E-state index is 13.5. The Morgan fingerprint density at radius 1 is 1.00 bits per heavy atom. The summed E-state index contributed by atoms with van der Waals surface area (Å²) in [5, 5.41) is 11.1. The van der Waals surface area contributed by atoms with Gasteiger partial charge in [0.2, 0.25) is 35.4 Å². The van der Waals surface area contributed by atoms with Crippen LogP contribution >= 0.6 is 0 Å². The van der Waals surface area contributed by atoms with Crippen LogP contribution < -0.4 is 27.0 Å². The SMILES string of the molecule is C=CC(=O)NCCCC[C@H](NC(=O)Cc1ccccc1CNC(=O)[C@H](Cc1ccco1)NC(=O)C[C@H]1CCCN(C(=O)CCC)C1)C(N)=O. The van der Waals surface area contributed by atoms with Gasteiger partial charge in [-0.2, -0.15) is 0 Å². The van der Waals surface area contributed by atoms with Crippen LogP contribution in [0.5, 0.6) is 0 Å². The lowest BCUT2D eigenvalue weighted by Gasteiger charge is -2.32. The average molecular weight is 679 g/mol. The van der Waals surface area contributed by atoms with E-state index in [0.717, 1.165) is 19.3 Å². The van der Waals surface area contributed by atoms with E-state index in [9.17, 15) is 28.8 Å². The van der Waals surface area contributed by atoms with Gasteiger partial charge in [0.25, 0.3) is 0 Å². The molecule has 266 valence electrons. The number of carbonyl (C=O) groups is 6. The van der Waals surface area contributed by atoms with E-state index in [4.69, 9.17) is 10.2 Å². The van der Waals surface area contributed by atoms with Crippen molar-refractivity contribution in [3.8, 4) is 0 Å². The first-order chi connectivity index (χ1) is 23.6. The normalized spacial score (nSPS) is 15.4. The minimum absolute atomic E-state index is 0.0130. The third-order valence-corrected chi connectivity index (χ3v) is 8.45. The van der Waals surface area contributed by atoms with Crippen LogP contribution in [0.4, 0.5) is 0 Å². The third-order valence-electron chi connectivity index (χ3n) is 8.45. The fourth-order valence-electron chi connectivity index (χ4n) is 5.85. The number of benzene rings is 1. The zero-order valence-corrected chi connectivity index (χ0v) is 28.3. The Morgan fingerprint density at radius 2 is 1.76 bits per heavy atom. The van der Waals surface area contributed by atoms with Gasteiger partial charge in [-0.05, 0) is 73.8 Å². The third kappa shape index (κ3) is 13.6. The molecule has 1 aromatic carbocycles. The van der Waals surface area contributed by atoms with E-state index in [-0.39, 0.29) is 49.4 Å². The molecule has 0 radical (unpaired) electrons. The Balaban J connectivity index is 1.57. The lowest BCUT2D eigenvalue weighted by Crippen LogP contribution is -2.49. The summed E-state index contributed by atoms with van der Waals surface area (Å²) in [5.74, 6) is -1.36. The highest BCUT2D eigenvalue weighted by Crippen LogP contribution is 2.21. The molecule has 3 rings (SSSR count). The molecule has 13 nitrogen and oxygen atoms in total. The van der Waals surface area contributed by atoms with Crippen molar-refractivity contribution in [1.29, 1.82) is 0 Å². The summed E-state index contributed by atoms with van der Waals surface area (Å²) in [6.07, 6.45) is 7.40. The highest BCUT2D eigenvalue weighted by atomic mass is 16.3. The van der Waals surface area contributed by atoms with Crippen molar-refractivity contribution in [3.05, 3.63) is 72.2 Å². The smallest absolute Gasteiger partial charge is 0.243 e. The van der Waals surface area contributed by atoms with E-state index in [0.29, 0.717) is 62.2 Å². The maximum Gasteiger partial charge on any atom is 0.243 e. The van der Waals surface area contributed by atoms with Crippen molar-refractivity contribution in [1.82, 2.24) is 26.2 Å². The lowest BCUT2D eigenvalue weighted by atomic mass is 9.94. The number of primary amides is 1. The maximum absolute atomic E-state index is 13.5. The largest absolute Gasteiger partial charge is 0.469 e. The van der Waals surface area contributed by atoms with Gasteiger partial charge in [0.15, 0.2) is 0 Å². The minimum Gasteiger partial charge on any atom is -0.469 e. The lowest BCUT2D eigenvalue weighted by molar-refractivity contribution is -0.134. The van der Waals surface area contributed by atoms with E-state index in [1.165, 1.54) is 12.3 Å². The molecule has 0 saturated carbocycles. The van der Waals surface area contributed by atoms with E-state index < -0.39 is 29.8 Å². The van der Waals surface area contributed by atoms with E-state index in [1.807, 2.05) is 11.8 Å². The number of furan rings is 1. The number of likely N-dealkylation sites (tertiary alicyclic amines) is 1. The van der Waals surface area contributed by atoms with Crippen LogP contribution in [0.2, 0.25) is 0 Å². The first-order valence-corrected chi connectivity index (χ1v) is 17.0. The number of nitrogens with zero attached hydrogens (tertiary/aromatic N) is 1. The first-order valence-electron chi connectivity index (χ1n) is 17.0. The van der Waals surface area contributed by atoms with E-state index in [2.05, 4.69) is 27.8 Å². The van der Waals surface area contributed by atoms with Crippen LogP contribution in [0, 0.1) is 5.92 Å². The van der Waals surface area contributed by atoms with Crippen LogP contribution in [0.25, 0.3) is 0 Å². The number of piperidine rings is 1. The van der Waals surface area contributed by atoms with Gasteiger partial charge >= 0.3 is 0 Å². The Labute approximate surface area is 287 Å². The summed E-state index contributed by atoms with van der Waals surface area (Å²) >= 11 is 0. The number of hydrogen-bond acceptors (Lipinski definition) is 7. The monoisotopic (exact) mass is 678 g/mol. The first kappa shape index (κ1) is 38.5. The molecule has 0 spiro atoms. The summed E-state index contributed by atoms with van der Waals surface area (Å²) in [6.45, 7) is 7.10. The molecule has 0 unspecified atom stereocenters. The summed E-state index contributed by atoms with van der Waals surface area (Å²) in [6, 6.07) is 8.80. The summed E-state index contributed by atoms with van der Waals surface area (Å²) in [5.41, 5.74) is 6.88. The van der Waals surface area contributed by atoms with Crippen LogP contribution in [0.1, 0.15) is 75.2 Å². The van der Waals surface area contributed by atoms with Crippen LogP contribution in [-0.4, -0.2) is 72.1 Å². The second kappa shape index (κ2) is 20.4. The van der Waals surface area contributed by atoms with Crippen molar-refractivity contribution in [3.63, 3.8) is 0 Å². The second-order valence-electron chi connectivity index (χ2n) is 12.4. The molecule has 3 atom stereocenters. The summed E-state index contributed by atoms with van der Waals surface area (Å²) in [7, 11) is 0. The number of unbranched alkanes of at least 4 members (excludes halogenated alkanes) is 1. The summed E-state index contributed by atoms with van der Waals surface area (Å²) < 4.78 is 5.46. The molecule has 1 aliphatic rings. The average Bonchev–Trinajstić information content (AvgIpc) is 3.60. The Bertz CT molecular complexity index is 1430. The van der Waals surface area contributed by atoms with Crippen LogP contribution in [0.15, 0.2) is 59.7 Å². The summed E-state index contributed by atoms with van der Waals surface area (Å²) in [4.78, 5) is 77.1. The van der Waals surface area contributed by atoms with Gasteiger partial charge in [-0.1, -0.05) is 37.8 Å². The topological polar surface area (TPSA) is 193 Å². The molecule has 6 amide bonds. The number of hydrogen-bond donors (Lipinski definition) is 5. The molecule has 2 heterocycles. The van der Waals surface area contributed by atoms with Crippen LogP contribution in [-0.2, 0) is 48.2 Å². The molecule has 1 aromatic heterocycles. The van der Waals surface area contributed by atoms with Gasteiger partial charge in [-0.15, -0.1) is 0 Å². The molecule has 1 fully saturated rings. The molecule has 2 aromatic rings. The molecule has 0 bridgehead atoms. The minimum atomic E-state index is -0.906. The Hall–Kier alpha value is -4.94. The van der Waals surface area contributed by atoms with E-state index >= 15 is 0 Å². The number of nitrogens with one attached hydrogen (secondary N) is 4. The van der Waals surface area contributed by atoms with Gasteiger partial charge in [0.1, 0.15) is 17.8 Å². The molecular weight excluding hydrogens is 628 g/mol. The molecule has 6 N–H and O–H groups in total. The van der Waals surface area contributed by atoms with Gasteiger partial charge in [0, 0.05) is 45.4 Å². The molecule has 0 aliphatic carbocycles. The number of rotatable bonds is 20. The molecule has 49 heavy (non-hydrogen) atoms. The number of carbonyl (C=O) groups excluding carboxylic acids is 6. The predicted molar refractivity (Wildman–Crippen MR) is 183 cm³/mol.